The highest BCUT2D eigenvalue weighted by Gasteiger charge is 2.36. The molecule has 2 aromatic heterocycles. The molecule has 1 aliphatic heterocycles. The van der Waals surface area contributed by atoms with Gasteiger partial charge in [-0.05, 0) is 36.8 Å². The molecular formula is C31H29F7N4O4. The lowest BCUT2D eigenvalue weighted by molar-refractivity contribution is -0.153. The number of hydrogen-bond acceptors (Lipinski definition) is 6. The first kappa shape index (κ1) is 33.0. The van der Waals surface area contributed by atoms with Crippen LogP contribution < -0.4 is 16.1 Å². The molecule has 0 bridgehead atoms. The molecule has 1 N–H and O–H groups in total. The number of alkyl halides is 6. The summed E-state index contributed by atoms with van der Waals surface area (Å²) in [5.74, 6) is -2.22. The zero-order valence-corrected chi connectivity index (χ0v) is 24.4. The fraction of sp³-hybridized carbons (Fsp3) is 0.355. The van der Waals surface area contributed by atoms with Crippen LogP contribution in [0.2, 0.25) is 0 Å². The van der Waals surface area contributed by atoms with Gasteiger partial charge in [-0.2, -0.15) is 26.3 Å². The third-order valence-corrected chi connectivity index (χ3v) is 7.95. The predicted octanol–water partition coefficient (Wildman–Crippen LogP) is 5.19. The molecule has 0 amide bonds. The van der Waals surface area contributed by atoms with Crippen LogP contribution in [-0.2, 0) is 32.0 Å². The van der Waals surface area contributed by atoms with Crippen molar-refractivity contribution in [3.63, 3.8) is 0 Å². The van der Waals surface area contributed by atoms with Crippen LogP contribution in [0.4, 0.5) is 36.4 Å². The Labute approximate surface area is 257 Å². The predicted molar refractivity (Wildman–Crippen MR) is 153 cm³/mol. The molecule has 4 aromatic rings. The summed E-state index contributed by atoms with van der Waals surface area (Å²) in [5.41, 5.74) is -3.55. The Bertz CT molecular complexity index is 1800. The number of aromatic nitrogens is 2. The summed E-state index contributed by atoms with van der Waals surface area (Å²) in [6.07, 6.45) is -10.9. The number of anilines is 1. The molecule has 0 aliphatic carbocycles. The van der Waals surface area contributed by atoms with E-state index in [0.29, 0.717) is 11.6 Å². The fourth-order valence-electron chi connectivity index (χ4n) is 5.56. The molecule has 15 heteroatoms. The van der Waals surface area contributed by atoms with Crippen LogP contribution in [0.1, 0.15) is 40.0 Å². The van der Waals surface area contributed by atoms with E-state index in [1.807, 2.05) is 0 Å². The van der Waals surface area contributed by atoms with Crippen molar-refractivity contribution in [2.24, 2.45) is 0 Å². The van der Waals surface area contributed by atoms with Gasteiger partial charge in [0, 0.05) is 37.4 Å². The number of benzene rings is 2. The summed E-state index contributed by atoms with van der Waals surface area (Å²) in [7, 11) is 0. The molecule has 1 aliphatic rings. The maximum atomic E-state index is 14.9. The van der Waals surface area contributed by atoms with Crippen molar-refractivity contribution in [3.8, 4) is 0 Å². The highest BCUT2D eigenvalue weighted by molar-refractivity contribution is 5.50. The highest BCUT2D eigenvalue weighted by Crippen LogP contribution is 2.34. The summed E-state index contributed by atoms with van der Waals surface area (Å²) < 4.78 is 102. The second-order valence-electron chi connectivity index (χ2n) is 10.9. The Hall–Kier alpha value is -4.37. The third-order valence-electron chi connectivity index (χ3n) is 7.95. The molecule has 8 nitrogen and oxygen atoms in total. The molecule has 1 fully saturated rings. The maximum absolute atomic E-state index is 14.9. The van der Waals surface area contributed by atoms with Crippen LogP contribution in [-0.4, -0.2) is 45.3 Å². The number of furan rings is 1. The van der Waals surface area contributed by atoms with E-state index in [9.17, 15) is 45.4 Å². The SMILES string of the molecule is Cc1c(N2CCN(Cc3ccc(C(F)(F)F)o3)CC2)c(=O)n(C[C@H](O)c2ccccc2)c(=O)n1Cc1c(F)cccc1C(F)(F)F. The molecule has 1 atom stereocenters. The maximum Gasteiger partial charge on any atom is 0.449 e. The van der Waals surface area contributed by atoms with Crippen molar-refractivity contribution in [1.82, 2.24) is 14.0 Å². The van der Waals surface area contributed by atoms with E-state index < -0.39 is 65.5 Å². The van der Waals surface area contributed by atoms with E-state index in [1.165, 1.54) is 13.0 Å². The average Bonchev–Trinajstić information content (AvgIpc) is 3.48. The largest absolute Gasteiger partial charge is 0.455 e. The smallest absolute Gasteiger partial charge is 0.449 e. The van der Waals surface area contributed by atoms with Gasteiger partial charge < -0.3 is 14.4 Å². The van der Waals surface area contributed by atoms with Gasteiger partial charge in [0.1, 0.15) is 17.3 Å². The quantitative estimate of drug-likeness (QED) is 0.264. The van der Waals surface area contributed by atoms with Crippen LogP contribution in [0.15, 0.2) is 74.7 Å². The summed E-state index contributed by atoms with van der Waals surface area (Å²) in [6, 6.07) is 12.7. The van der Waals surface area contributed by atoms with Gasteiger partial charge in [0.05, 0.1) is 31.3 Å². The number of aliphatic hydroxyl groups is 1. The van der Waals surface area contributed by atoms with Gasteiger partial charge in [-0.3, -0.25) is 18.8 Å². The van der Waals surface area contributed by atoms with E-state index in [0.717, 1.165) is 27.3 Å². The van der Waals surface area contributed by atoms with Gasteiger partial charge in [0.25, 0.3) is 5.56 Å². The molecule has 3 heterocycles. The summed E-state index contributed by atoms with van der Waals surface area (Å²) in [5, 5.41) is 10.9. The van der Waals surface area contributed by atoms with Crippen molar-refractivity contribution >= 4 is 5.69 Å². The molecule has 5 rings (SSSR count). The first-order valence-corrected chi connectivity index (χ1v) is 14.2. The van der Waals surface area contributed by atoms with Gasteiger partial charge >= 0.3 is 18.0 Å². The molecule has 0 radical (unpaired) electrons. The van der Waals surface area contributed by atoms with Gasteiger partial charge in [0.2, 0.25) is 5.76 Å². The molecule has 0 saturated carbocycles. The molecule has 1 saturated heterocycles. The van der Waals surface area contributed by atoms with Gasteiger partial charge in [0.15, 0.2) is 0 Å². The van der Waals surface area contributed by atoms with Gasteiger partial charge in [-0.25, -0.2) is 9.18 Å². The van der Waals surface area contributed by atoms with E-state index in [1.54, 1.807) is 40.1 Å². The first-order chi connectivity index (χ1) is 21.6. The van der Waals surface area contributed by atoms with Crippen LogP contribution in [0, 0.1) is 12.7 Å². The molecule has 246 valence electrons. The Balaban J connectivity index is 1.50. The van der Waals surface area contributed by atoms with Crippen molar-refractivity contribution in [1.29, 1.82) is 0 Å². The number of rotatable bonds is 8. The van der Waals surface area contributed by atoms with E-state index in [2.05, 4.69) is 0 Å². The Kier molecular flexibility index (Phi) is 9.18. The minimum Gasteiger partial charge on any atom is -0.455 e. The lowest BCUT2D eigenvalue weighted by atomic mass is 10.1. The summed E-state index contributed by atoms with van der Waals surface area (Å²) >= 11 is 0. The highest BCUT2D eigenvalue weighted by atomic mass is 19.4. The van der Waals surface area contributed by atoms with E-state index in [4.69, 9.17) is 4.42 Å². The average molecular weight is 655 g/mol. The van der Waals surface area contributed by atoms with E-state index in [-0.39, 0.29) is 49.9 Å². The van der Waals surface area contributed by atoms with Crippen molar-refractivity contribution in [2.75, 3.05) is 31.1 Å². The van der Waals surface area contributed by atoms with Crippen molar-refractivity contribution in [2.45, 2.75) is 45.0 Å². The summed E-state index contributed by atoms with van der Waals surface area (Å²) in [4.78, 5) is 31.0. The number of halogens is 7. The Morgan fingerprint density at radius 3 is 2.11 bits per heavy atom. The monoisotopic (exact) mass is 654 g/mol. The fourth-order valence-corrected chi connectivity index (χ4v) is 5.56. The minimum absolute atomic E-state index is 0.00821. The first-order valence-electron chi connectivity index (χ1n) is 14.2. The van der Waals surface area contributed by atoms with Crippen molar-refractivity contribution < 1.29 is 40.3 Å². The van der Waals surface area contributed by atoms with E-state index >= 15 is 0 Å². The number of nitrogens with zero attached hydrogens (tertiary/aromatic N) is 4. The molecule has 0 unspecified atom stereocenters. The van der Waals surface area contributed by atoms with Gasteiger partial charge in [-0.1, -0.05) is 36.4 Å². The van der Waals surface area contributed by atoms with Crippen LogP contribution >= 0.6 is 0 Å². The number of aliphatic hydroxyl groups excluding tert-OH is 1. The van der Waals surface area contributed by atoms with Gasteiger partial charge in [-0.15, -0.1) is 0 Å². The Morgan fingerprint density at radius 2 is 1.50 bits per heavy atom. The molecule has 2 aromatic carbocycles. The normalized spacial score (nSPS) is 15.4. The molecule has 46 heavy (non-hydrogen) atoms. The van der Waals surface area contributed by atoms with Crippen LogP contribution in [0.25, 0.3) is 0 Å². The second-order valence-corrected chi connectivity index (χ2v) is 10.9. The second kappa shape index (κ2) is 12.8. The van der Waals surface area contributed by atoms with Crippen LogP contribution in [0.5, 0.6) is 0 Å². The topological polar surface area (TPSA) is 83.8 Å². The van der Waals surface area contributed by atoms with Crippen LogP contribution in [0.3, 0.4) is 0 Å². The summed E-state index contributed by atoms with van der Waals surface area (Å²) in [6.45, 7) is 0.906. The molecular weight excluding hydrogens is 625 g/mol. The number of hydrogen-bond donors (Lipinski definition) is 1. The zero-order valence-electron chi connectivity index (χ0n) is 24.4. The lowest BCUT2D eigenvalue weighted by Gasteiger charge is -2.36. The van der Waals surface area contributed by atoms with Crippen molar-refractivity contribution in [3.05, 3.63) is 121 Å². The molecule has 0 spiro atoms. The Morgan fingerprint density at radius 1 is 0.826 bits per heavy atom. The lowest BCUT2D eigenvalue weighted by Crippen LogP contribution is -2.51. The third kappa shape index (κ3) is 6.89. The minimum atomic E-state index is -4.93. The number of piperazine rings is 1. The zero-order chi connectivity index (χ0) is 33.4. The standard InChI is InChI=1S/C31H29F7N4O4/c1-19-27(40-14-12-39(13-15-40)16-21-10-11-26(46-21)31(36,37)38)28(44)42(18-25(43)20-6-3-2-4-7-20)29(45)41(19)17-22-23(30(33,34)35)8-5-9-24(22)32/h2-11,25,43H,12-18H2,1H3/t25-/m0/s1.